The Bertz CT molecular complexity index is 241. The molecule has 1 aromatic heterocycles. The van der Waals surface area contributed by atoms with Crippen LogP contribution in [-0.4, -0.2) is 11.0 Å². The van der Waals surface area contributed by atoms with Crippen molar-refractivity contribution < 1.29 is 0 Å². The summed E-state index contributed by atoms with van der Waals surface area (Å²) in [5.74, 6) is 0. The SMILES string of the molecule is C[C@@H](NC1CC1)c1ccncc1. The van der Waals surface area contributed by atoms with Gasteiger partial charge in [-0.1, -0.05) is 0 Å². The average Bonchev–Trinajstić information content (AvgIpc) is 2.90. The van der Waals surface area contributed by atoms with Crippen LogP contribution < -0.4 is 5.32 Å². The van der Waals surface area contributed by atoms with Crippen molar-refractivity contribution in [2.24, 2.45) is 0 Å². The molecule has 64 valence electrons. The summed E-state index contributed by atoms with van der Waals surface area (Å²) >= 11 is 0. The van der Waals surface area contributed by atoms with Gasteiger partial charge in [0.2, 0.25) is 0 Å². The van der Waals surface area contributed by atoms with Gasteiger partial charge in [0.25, 0.3) is 0 Å². The zero-order valence-electron chi connectivity index (χ0n) is 7.33. The first-order valence-corrected chi connectivity index (χ1v) is 4.52. The van der Waals surface area contributed by atoms with Crippen molar-refractivity contribution >= 4 is 0 Å². The molecule has 2 nitrogen and oxygen atoms in total. The van der Waals surface area contributed by atoms with E-state index in [1.54, 1.807) is 0 Å². The summed E-state index contributed by atoms with van der Waals surface area (Å²) in [5, 5.41) is 3.54. The second kappa shape index (κ2) is 3.23. The first-order chi connectivity index (χ1) is 5.86. The molecule has 2 rings (SSSR count). The van der Waals surface area contributed by atoms with Crippen LogP contribution in [0, 0.1) is 0 Å². The predicted octanol–water partition coefficient (Wildman–Crippen LogP) is 1.89. The van der Waals surface area contributed by atoms with E-state index < -0.39 is 0 Å². The van der Waals surface area contributed by atoms with Gasteiger partial charge in [-0.2, -0.15) is 0 Å². The molecule has 0 bridgehead atoms. The lowest BCUT2D eigenvalue weighted by Crippen LogP contribution is -2.20. The summed E-state index contributed by atoms with van der Waals surface area (Å²) in [5.41, 5.74) is 1.33. The van der Waals surface area contributed by atoms with Crippen LogP contribution in [0.5, 0.6) is 0 Å². The van der Waals surface area contributed by atoms with E-state index in [1.807, 2.05) is 12.4 Å². The molecule has 0 aromatic carbocycles. The molecule has 1 atom stereocenters. The number of aromatic nitrogens is 1. The maximum atomic E-state index is 3.99. The highest BCUT2D eigenvalue weighted by molar-refractivity contribution is 5.14. The van der Waals surface area contributed by atoms with Gasteiger partial charge in [0.1, 0.15) is 0 Å². The first kappa shape index (κ1) is 7.74. The van der Waals surface area contributed by atoms with E-state index in [2.05, 4.69) is 29.4 Å². The number of nitrogens with zero attached hydrogens (tertiary/aromatic N) is 1. The van der Waals surface area contributed by atoms with Crippen LogP contribution in [0.1, 0.15) is 31.4 Å². The van der Waals surface area contributed by atoms with Gasteiger partial charge in [-0.25, -0.2) is 0 Å². The van der Waals surface area contributed by atoms with E-state index in [0.29, 0.717) is 6.04 Å². The third-order valence-corrected chi connectivity index (χ3v) is 2.27. The molecular weight excluding hydrogens is 148 g/mol. The third-order valence-electron chi connectivity index (χ3n) is 2.27. The van der Waals surface area contributed by atoms with E-state index >= 15 is 0 Å². The smallest absolute Gasteiger partial charge is 0.0295 e. The molecule has 0 unspecified atom stereocenters. The second-order valence-electron chi connectivity index (χ2n) is 3.44. The summed E-state index contributed by atoms with van der Waals surface area (Å²) in [6.45, 7) is 2.20. The van der Waals surface area contributed by atoms with Gasteiger partial charge in [0, 0.05) is 24.5 Å². The van der Waals surface area contributed by atoms with Gasteiger partial charge in [0.15, 0.2) is 0 Å². The van der Waals surface area contributed by atoms with Crippen molar-refractivity contribution in [3.8, 4) is 0 Å². The zero-order chi connectivity index (χ0) is 8.39. The van der Waals surface area contributed by atoms with E-state index in [4.69, 9.17) is 0 Å². The quantitative estimate of drug-likeness (QED) is 0.734. The van der Waals surface area contributed by atoms with Crippen LogP contribution in [0.3, 0.4) is 0 Å². The second-order valence-corrected chi connectivity index (χ2v) is 3.44. The van der Waals surface area contributed by atoms with Gasteiger partial charge in [-0.3, -0.25) is 4.98 Å². The standard InChI is InChI=1S/C10H14N2/c1-8(12-10-2-3-10)9-4-6-11-7-5-9/h4-8,10,12H,2-3H2,1H3/t8-/m1/s1. The van der Waals surface area contributed by atoms with Crippen LogP contribution in [0.2, 0.25) is 0 Å². The molecule has 0 radical (unpaired) electrons. The number of hydrogen-bond donors (Lipinski definition) is 1. The van der Waals surface area contributed by atoms with Gasteiger partial charge in [-0.15, -0.1) is 0 Å². The van der Waals surface area contributed by atoms with Crippen LogP contribution >= 0.6 is 0 Å². The zero-order valence-corrected chi connectivity index (χ0v) is 7.33. The van der Waals surface area contributed by atoms with Gasteiger partial charge in [0.05, 0.1) is 0 Å². The minimum atomic E-state index is 0.473. The van der Waals surface area contributed by atoms with E-state index in [-0.39, 0.29) is 0 Å². The fraction of sp³-hybridized carbons (Fsp3) is 0.500. The minimum Gasteiger partial charge on any atom is -0.307 e. The molecule has 1 fully saturated rings. The Morgan fingerprint density at radius 3 is 2.67 bits per heavy atom. The first-order valence-electron chi connectivity index (χ1n) is 4.52. The maximum absolute atomic E-state index is 3.99. The Kier molecular flexibility index (Phi) is 2.09. The summed E-state index contributed by atoms with van der Waals surface area (Å²) < 4.78 is 0. The third kappa shape index (κ3) is 1.83. The monoisotopic (exact) mass is 162 g/mol. The molecule has 0 amide bonds. The van der Waals surface area contributed by atoms with E-state index in [9.17, 15) is 0 Å². The molecule has 1 heterocycles. The normalized spacial score (nSPS) is 19.1. The molecule has 1 aliphatic rings. The Hall–Kier alpha value is -0.890. The Labute approximate surface area is 73.0 Å². The van der Waals surface area contributed by atoms with Crippen molar-refractivity contribution in [2.75, 3.05) is 0 Å². The molecule has 0 saturated heterocycles. The lowest BCUT2D eigenvalue weighted by Gasteiger charge is -2.12. The molecule has 1 aliphatic carbocycles. The van der Waals surface area contributed by atoms with Crippen LogP contribution in [-0.2, 0) is 0 Å². The van der Waals surface area contributed by atoms with Crippen molar-refractivity contribution in [1.29, 1.82) is 0 Å². The van der Waals surface area contributed by atoms with Gasteiger partial charge in [-0.05, 0) is 37.5 Å². The number of rotatable bonds is 3. The number of hydrogen-bond acceptors (Lipinski definition) is 2. The summed E-state index contributed by atoms with van der Waals surface area (Å²) in [6.07, 6.45) is 6.38. The van der Waals surface area contributed by atoms with Crippen LogP contribution in [0.15, 0.2) is 24.5 Å². The van der Waals surface area contributed by atoms with Crippen LogP contribution in [0.4, 0.5) is 0 Å². The lowest BCUT2D eigenvalue weighted by atomic mass is 10.1. The Morgan fingerprint density at radius 2 is 2.08 bits per heavy atom. The lowest BCUT2D eigenvalue weighted by molar-refractivity contribution is 0.570. The van der Waals surface area contributed by atoms with Crippen molar-refractivity contribution in [1.82, 2.24) is 10.3 Å². The summed E-state index contributed by atoms with van der Waals surface area (Å²) in [6, 6.07) is 5.38. The topological polar surface area (TPSA) is 24.9 Å². The molecule has 0 aliphatic heterocycles. The minimum absolute atomic E-state index is 0.473. The molecule has 2 heteroatoms. The molecule has 1 N–H and O–H groups in total. The number of nitrogens with one attached hydrogen (secondary N) is 1. The molecule has 0 spiro atoms. The average molecular weight is 162 g/mol. The molecular formula is C10H14N2. The maximum Gasteiger partial charge on any atom is 0.0295 e. The fourth-order valence-electron chi connectivity index (χ4n) is 1.35. The molecule has 12 heavy (non-hydrogen) atoms. The Morgan fingerprint density at radius 1 is 1.42 bits per heavy atom. The van der Waals surface area contributed by atoms with Crippen molar-refractivity contribution in [3.63, 3.8) is 0 Å². The van der Waals surface area contributed by atoms with Gasteiger partial charge >= 0.3 is 0 Å². The highest BCUT2D eigenvalue weighted by Crippen LogP contribution is 2.23. The molecule has 1 aromatic rings. The van der Waals surface area contributed by atoms with Crippen molar-refractivity contribution in [3.05, 3.63) is 30.1 Å². The van der Waals surface area contributed by atoms with E-state index in [1.165, 1.54) is 18.4 Å². The van der Waals surface area contributed by atoms with Gasteiger partial charge < -0.3 is 5.32 Å². The van der Waals surface area contributed by atoms with Crippen LogP contribution in [0.25, 0.3) is 0 Å². The predicted molar refractivity (Wildman–Crippen MR) is 48.8 cm³/mol. The molecule has 1 saturated carbocycles. The summed E-state index contributed by atoms with van der Waals surface area (Å²) in [4.78, 5) is 3.99. The van der Waals surface area contributed by atoms with Crippen molar-refractivity contribution in [2.45, 2.75) is 31.8 Å². The fourth-order valence-corrected chi connectivity index (χ4v) is 1.35. The number of pyridine rings is 1. The summed E-state index contributed by atoms with van der Waals surface area (Å²) in [7, 11) is 0. The Balaban J connectivity index is 1.98. The van der Waals surface area contributed by atoms with E-state index in [0.717, 1.165) is 6.04 Å². The highest BCUT2D eigenvalue weighted by Gasteiger charge is 2.22. The highest BCUT2D eigenvalue weighted by atomic mass is 15.0. The largest absolute Gasteiger partial charge is 0.307 e.